The molecule has 0 unspecified atom stereocenters. The standard InChI is InChI=1S/C10H17NO/c1-7(12)9-5-6-10(11(9)2)8-3-4-8/h8-10H,3-6H2,1-2H3/t9-,10+/m0/s1. The lowest BCUT2D eigenvalue weighted by Gasteiger charge is -2.23. The molecule has 2 atom stereocenters. The highest BCUT2D eigenvalue weighted by Gasteiger charge is 2.41. The van der Waals surface area contributed by atoms with Gasteiger partial charge in [-0.25, -0.2) is 0 Å². The van der Waals surface area contributed by atoms with E-state index in [-0.39, 0.29) is 6.04 Å². The predicted molar refractivity (Wildman–Crippen MR) is 48.0 cm³/mol. The number of carbonyl (C=O) groups is 1. The van der Waals surface area contributed by atoms with Gasteiger partial charge in [0.25, 0.3) is 0 Å². The van der Waals surface area contributed by atoms with Crippen molar-refractivity contribution in [1.29, 1.82) is 0 Å². The highest BCUT2D eigenvalue weighted by Crippen LogP contribution is 2.41. The molecule has 0 N–H and O–H groups in total. The van der Waals surface area contributed by atoms with Crippen molar-refractivity contribution in [3.8, 4) is 0 Å². The van der Waals surface area contributed by atoms with Gasteiger partial charge in [-0.05, 0) is 45.6 Å². The molecule has 1 aliphatic carbocycles. The van der Waals surface area contributed by atoms with Crippen LogP contribution in [-0.4, -0.2) is 29.8 Å². The van der Waals surface area contributed by atoms with Crippen LogP contribution in [0, 0.1) is 5.92 Å². The average Bonchev–Trinajstić information content (AvgIpc) is 2.75. The van der Waals surface area contributed by atoms with E-state index in [1.165, 1.54) is 19.3 Å². The smallest absolute Gasteiger partial charge is 0.146 e. The molecule has 1 saturated heterocycles. The first-order chi connectivity index (χ1) is 5.70. The first-order valence-electron chi connectivity index (χ1n) is 4.92. The molecule has 0 spiro atoms. The summed E-state index contributed by atoms with van der Waals surface area (Å²) in [6.45, 7) is 1.72. The quantitative estimate of drug-likeness (QED) is 0.620. The van der Waals surface area contributed by atoms with Gasteiger partial charge < -0.3 is 0 Å². The maximum Gasteiger partial charge on any atom is 0.146 e. The third-order valence-electron chi connectivity index (χ3n) is 3.39. The Morgan fingerprint density at radius 1 is 1.25 bits per heavy atom. The molecule has 2 rings (SSSR count). The predicted octanol–water partition coefficient (Wildman–Crippen LogP) is 1.45. The number of hydrogen-bond donors (Lipinski definition) is 0. The summed E-state index contributed by atoms with van der Waals surface area (Å²) in [5.74, 6) is 1.26. The van der Waals surface area contributed by atoms with E-state index in [0.29, 0.717) is 5.78 Å². The molecule has 2 fully saturated rings. The number of nitrogens with zero attached hydrogens (tertiary/aromatic N) is 1. The van der Waals surface area contributed by atoms with Gasteiger partial charge in [0.15, 0.2) is 0 Å². The van der Waals surface area contributed by atoms with Crippen molar-refractivity contribution in [1.82, 2.24) is 4.90 Å². The SMILES string of the molecule is CC(=O)[C@@H]1CC[C@H](C2CC2)N1C. The van der Waals surface area contributed by atoms with Crippen LogP contribution in [0.3, 0.4) is 0 Å². The number of Topliss-reactive ketones (excluding diaryl/α,β-unsaturated/α-hetero) is 1. The highest BCUT2D eigenvalue weighted by molar-refractivity contribution is 5.81. The van der Waals surface area contributed by atoms with E-state index in [2.05, 4.69) is 11.9 Å². The van der Waals surface area contributed by atoms with Gasteiger partial charge in [-0.15, -0.1) is 0 Å². The minimum absolute atomic E-state index is 0.232. The molecule has 0 amide bonds. The molecule has 0 aromatic heterocycles. The van der Waals surface area contributed by atoms with Gasteiger partial charge in [-0.2, -0.15) is 0 Å². The van der Waals surface area contributed by atoms with Crippen molar-refractivity contribution in [3.05, 3.63) is 0 Å². The first kappa shape index (κ1) is 8.24. The lowest BCUT2D eigenvalue weighted by Crippen LogP contribution is -2.37. The molecular formula is C10H17NO. The fourth-order valence-electron chi connectivity index (χ4n) is 2.51. The Hall–Kier alpha value is -0.370. The Morgan fingerprint density at radius 3 is 2.33 bits per heavy atom. The molecule has 2 heteroatoms. The fraction of sp³-hybridized carbons (Fsp3) is 0.900. The fourth-order valence-corrected chi connectivity index (χ4v) is 2.51. The second kappa shape index (κ2) is 2.84. The number of ketones is 1. The van der Waals surface area contributed by atoms with Gasteiger partial charge in [0.2, 0.25) is 0 Å². The summed E-state index contributed by atoms with van der Waals surface area (Å²) in [6, 6.07) is 0.953. The van der Waals surface area contributed by atoms with Crippen LogP contribution in [0.15, 0.2) is 0 Å². The number of hydrogen-bond acceptors (Lipinski definition) is 2. The summed E-state index contributed by atoms with van der Waals surface area (Å²) < 4.78 is 0. The van der Waals surface area contributed by atoms with E-state index < -0.39 is 0 Å². The van der Waals surface area contributed by atoms with Crippen LogP contribution in [0.2, 0.25) is 0 Å². The minimum Gasteiger partial charge on any atom is -0.298 e. The number of likely N-dealkylation sites (tertiary alicyclic amines) is 1. The Balaban J connectivity index is 2.00. The van der Waals surface area contributed by atoms with E-state index in [9.17, 15) is 4.79 Å². The van der Waals surface area contributed by atoms with E-state index in [0.717, 1.165) is 18.4 Å². The van der Waals surface area contributed by atoms with Crippen LogP contribution in [0.25, 0.3) is 0 Å². The van der Waals surface area contributed by atoms with Crippen LogP contribution < -0.4 is 0 Å². The minimum atomic E-state index is 0.232. The Bertz CT molecular complexity index is 198. The zero-order valence-electron chi connectivity index (χ0n) is 7.92. The summed E-state index contributed by atoms with van der Waals surface area (Å²) in [7, 11) is 2.11. The molecule has 68 valence electrons. The summed E-state index contributed by atoms with van der Waals surface area (Å²) in [6.07, 6.45) is 5.11. The highest BCUT2D eigenvalue weighted by atomic mass is 16.1. The van der Waals surface area contributed by atoms with Crippen LogP contribution in [0.5, 0.6) is 0 Å². The van der Waals surface area contributed by atoms with Crippen LogP contribution >= 0.6 is 0 Å². The van der Waals surface area contributed by atoms with Gasteiger partial charge in [-0.3, -0.25) is 9.69 Å². The van der Waals surface area contributed by atoms with E-state index in [1.807, 2.05) is 0 Å². The molecular weight excluding hydrogens is 150 g/mol. The van der Waals surface area contributed by atoms with Gasteiger partial charge in [0, 0.05) is 6.04 Å². The maximum atomic E-state index is 11.2. The third-order valence-corrected chi connectivity index (χ3v) is 3.39. The van der Waals surface area contributed by atoms with Crippen molar-refractivity contribution in [2.75, 3.05) is 7.05 Å². The van der Waals surface area contributed by atoms with Crippen LogP contribution in [0.4, 0.5) is 0 Å². The summed E-state index contributed by atoms with van der Waals surface area (Å²) in [4.78, 5) is 13.5. The van der Waals surface area contributed by atoms with Crippen molar-refractivity contribution in [3.63, 3.8) is 0 Å². The average molecular weight is 167 g/mol. The van der Waals surface area contributed by atoms with Crippen LogP contribution in [0.1, 0.15) is 32.6 Å². The summed E-state index contributed by atoms with van der Waals surface area (Å²) in [5, 5.41) is 0. The van der Waals surface area contributed by atoms with Crippen molar-refractivity contribution < 1.29 is 4.79 Å². The van der Waals surface area contributed by atoms with Gasteiger partial charge in [0.05, 0.1) is 6.04 Å². The topological polar surface area (TPSA) is 20.3 Å². The second-order valence-corrected chi connectivity index (χ2v) is 4.27. The molecule has 2 aliphatic rings. The molecule has 0 aromatic rings. The monoisotopic (exact) mass is 167 g/mol. The largest absolute Gasteiger partial charge is 0.298 e. The van der Waals surface area contributed by atoms with Gasteiger partial charge in [0.1, 0.15) is 5.78 Å². The van der Waals surface area contributed by atoms with Crippen LogP contribution in [-0.2, 0) is 4.79 Å². The molecule has 1 saturated carbocycles. The van der Waals surface area contributed by atoms with Gasteiger partial charge >= 0.3 is 0 Å². The van der Waals surface area contributed by atoms with Crippen molar-refractivity contribution >= 4 is 5.78 Å². The zero-order valence-corrected chi connectivity index (χ0v) is 7.92. The van der Waals surface area contributed by atoms with E-state index in [4.69, 9.17) is 0 Å². The Labute approximate surface area is 73.9 Å². The maximum absolute atomic E-state index is 11.2. The van der Waals surface area contributed by atoms with E-state index >= 15 is 0 Å². The molecule has 12 heavy (non-hydrogen) atoms. The lowest BCUT2D eigenvalue weighted by molar-refractivity contribution is -0.121. The summed E-state index contributed by atoms with van der Waals surface area (Å²) in [5.41, 5.74) is 0. The first-order valence-corrected chi connectivity index (χ1v) is 4.92. The number of likely N-dealkylation sites (N-methyl/N-ethyl adjacent to an activating group) is 1. The molecule has 0 bridgehead atoms. The molecule has 2 nitrogen and oxygen atoms in total. The van der Waals surface area contributed by atoms with Crippen molar-refractivity contribution in [2.45, 2.75) is 44.7 Å². The molecule has 1 aliphatic heterocycles. The second-order valence-electron chi connectivity index (χ2n) is 4.27. The van der Waals surface area contributed by atoms with E-state index in [1.54, 1.807) is 6.92 Å². The van der Waals surface area contributed by atoms with Gasteiger partial charge in [-0.1, -0.05) is 0 Å². The normalized spacial score (nSPS) is 37.2. The number of carbonyl (C=O) groups excluding carboxylic acids is 1. The third kappa shape index (κ3) is 1.28. The number of rotatable bonds is 2. The Morgan fingerprint density at radius 2 is 1.92 bits per heavy atom. The lowest BCUT2D eigenvalue weighted by atomic mass is 10.1. The van der Waals surface area contributed by atoms with Crippen molar-refractivity contribution in [2.24, 2.45) is 5.92 Å². The molecule has 1 heterocycles. The summed E-state index contributed by atoms with van der Waals surface area (Å²) >= 11 is 0. The molecule has 0 aromatic carbocycles. The Kier molecular flexibility index (Phi) is 1.95. The molecule has 0 radical (unpaired) electrons. The zero-order chi connectivity index (χ0) is 8.72.